The standard InChI is InChI=1S/C13H14BrNO2/c1-17-12-7-3-6-11(13(12)14)15-9-4-2-5-10(16)8-9/h3,6-8,15H,2,4-5H2,1H3. The Morgan fingerprint density at radius 1 is 1.35 bits per heavy atom. The van der Waals surface area contributed by atoms with Gasteiger partial charge in [-0.3, -0.25) is 4.79 Å². The fourth-order valence-electron chi connectivity index (χ4n) is 1.83. The van der Waals surface area contributed by atoms with E-state index < -0.39 is 0 Å². The minimum atomic E-state index is 0.192. The van der Waals surface area contributed by atoms with Gasteiger partial charge < -0.3 is 10.1 Å². The summed E-state index contributed by atoms with van der Waals surface area (Å²) in [5.41, 5.74) is 1.89. The molecule has 17 heavy (non-hydrogen) atoms. The number of allylic oxidation sites excluding steroid dienone is 2. The lowest BCUT2D eigenvalue weighted by Gasteiger charge is -2.16. The van der Waals surface area contributed by atoms with E-state index in [-0.39, 0.29) is 5.78 Å². The molecule has 2 rings (SSSR count). The van der Waals surface area contributed by atoms with Gasteiger partial charge in [-0.2, -0.15) is 0 Å². The molecule has 1 aromatic rings. The number of anilines is 1. The molecule has 0 saturated heterocycles. The summed E-state index contributed by atoms with van der Waals surface area (Å²) in [6, 6.07) is 5.75. The van der Waals surface area contributed by atoms with Crippen LogP contribution in [0.4, 0.5) is 5.69 Å². The van der Waals surface area contributed by atoms with E-state index in [1.807, 2.05) is 18.2 Å². The van der Waals surface area contributed by atoms with E-state index in [1.165, 1.54) is 0 Å². The van der Waals surface area contributed by atoms with Gasteiger partial charge in [0.05, 0.1) is 17.3 Å². The second-order valence-electron chi connectivity index (χ2n) is 3.94. The maximum Gasteiger partial charge on any atom is 0.157 e. The summed E-state index contributed by atoms with van der Waals surface area (Å²) < 4.78 is 6.10. The maximum atomic E-state index is 11.3. The lowest BCUT2D eigenvalue weighted by Crippen LogP contribution is -2.09. The molecule has 4 heteroatoms. The van der Waals surface area contributed by atoms with Crippen molar-refractivity contribution in [1.82, 2.24) is 0 Å². The van der Waals surface area contributed by atoms with Crippen molar-refractivity contribution < 1.29 is 9.53 Å². The predicted molar refractivity (Wildman–Crippen MR) is 71.3 cm³/mol. The molecule has 1 aromatic carbocycles. The number of ether oxygens (including phenoxy) is 1. The van der Waals surface area contributed by atoms with Crippen molar-refractivity contribution >= 4 is 27.4 Å². The second-order valence-corrected chi connectivity index (χ2v) is 4.73. The molecule has 0 aromatic heterocycles. The quantitative estimate of drug-likeness (QED) is 0.927. The number of hydrogen-bond donors (Lipinski definition) is 1. The van der Waals surface area contributed by atoms with Crippen molar-refractivity contribution in [2.75, 3.05) is 12.4 Å². The van der Waals surface area contributed by atoms with Gasteiger partial charge in [-0.25, -0.2) is 0 Å². The van der Waals surface area contributed by atoms with Crippen molar-refractivity contribution in [1.29, 1.82) is 0 Å². The first kappa shape index (κ1) is 12.2. The van der Waals surface area contributed by atoms with Gasteiger partial charge in [0.25, 0.3) is 0 Å². The second kappa shape index (κ2) is 5.36. The van der Waals surface area contributed by atoms with Crippen molar-refractivity contribution in [2.45, 2.75) is 19.3 Å². The maximum absolute atomic E-state index is 11.3. The van der Waals surface area contributed by atoms with Crippen molar-refractivity contribution in [3.8, 4) is 5.75 Å². The Morgan fingerprint density at radius 3 is 2.88 bits per heavy atom. The van der Waals surface area contributed by atoms with E-state index in [2.05, 4.69) is 21.2 Å². The molecule has 0 fully saturated rings. The minimum absolute atomic E-state index is 0.192. The van der Waals surface area contributed by atoms with Gasteiger partial charge in [0.2, 0.25) is 0 Å². The summed E-state index contributed by atoms with van der Waals surface area (Å²) in [6.45, 7) is 0. The number of carbonyl (C=O) groups is 1. The van der Waals surface area contributed by atoms with Crippen molar-refractivity contribution in [3.63, 3.8) is 0 Å². The van der Waals surface area contributed by atoms with Gasteiger partial charge in [-0.05, 0) is 40.9 Å². The molecule has 1 aliphatic rings. The van der Waals surface area contributed by atoms with Gasteiger partial charge in [-0.15, -0.1) is 0 Å². The molecule has 0 saturated carbocycles. The number of methoxy groups -OCH3 is 1. The molecule has 0 spiro atoms. The zero-order valence-corrected chi connectivity index (χ0v) is 11.2. The van der Waals surface area contributed by atoms with E-state index in [9.17, 15) is 4.79 Å². The molecule has 0 aliphatic heterocycles. The number of hydrogen-bond acceptors (Lipinski definition) is 3. The van der Waals surface area contributed by atoms with Crippen molar-refractivity contribution in [2.24, 2.45) is 0 Å². The molecule has 0 unspecified atom stereocenters. The van der Waals surface area contributed by atoms with Crippen LogP contribution in [-0.4, -0.2) is 12.9 Å². The monoisotopic (exact) mass is 295 g/mol. The zero-order valence-electron chi connectivity index (χ0n) is 9.63. The number of carbonyl (C=O) groups excluding carboxylic acids is 1. The molecule has 0 amide bonds. The van der Waals surface area contributed by atoms with E-state index in [4.69, 9.17) is 4.74 Å². The lowest BCUT2D eigenvalue weighted by atomic mass is 10.0. The minimum Gasteiger partial charge on any atom is -0.495 e. The first-order chi connectivity index (χ1) is 8.20. The summed E-state index contributed by atoms with van der Waals surface area (Å²) in [4.78, 5) is 11.3. The Kier molecular flexibility index (Phi) is 3.84. The zero-order chi connectivity index (χ0) is 12.3. The topological polar surface area (TPSA) is 38.3 Å². The third-order valence-electron chi connectivity index (χ3n) is 2.68. The number of rotatable bonds is 3. The third-order valence-corrected chi connectivity index (χ3v) is 3.50. The van der Waals surface area contributed by atoms with E-state index in [0.717, 1.165) is 34.4 Å². The van der Waals surface area contributed by atoms with Crippen LogP contribution in [-0.2, 0) is 4.79 Å². The van der Waals surface area contributed by atoms with Crippen LogP contribution in [0.15, 0.2) is 34.4 Å². The van der Waals surface area contributed by atoms with Gasteiger partial charge in [0, 0.05) is 18.2 Å². The van der Waals surface area contributed by atoms with Crippen molar-refractivity contribution in [3.05, 3.63) is 34.4 Å². The van der Waals surface area contributed by atoms with Crippen LogP contribution in [0.25, 0.3) is 0 Å². The Hall–Kier alpha value is -1.29. The number of ketones is 1. The summed E-state index contributed by atoms with van der Waals surface area (Å²) in [5.74, 6) is 0.968. The SMILES string of the molecule is COc1cccc(NC2=CC(=O)CCC2)c1Br. The molecule has 0 atom stereocenters. The Morgan fingerprint density at radius 2 is 2.18 bits per heavy atom. The van der Waals surface area contributed by atoms with Crippen LogP contribution in [0, 0.1) is 0 Å². The summed E-state index contributed by atoms with van der Waals surface area (Å²) in [5, 5.41) is 3.27. The highest BCUT2D eigenvalue weighted by Gasteiger charge is 2.12. The highest BCUT2D eigenvalue weighted by Crippen LogP contribution is 2.33. The third kappa shape index (κ3) is 2.88. The molecule has 90 valence electrons. The van der Waals surface area contributed by atoms with Crippen LogP contribution in [0.3, 0.4) is 0 Å². The summed E-state index contributed by atoms with van der Waals surface area (Å²) in [6.07, 6.45) is 4.18. The summed E-state index contributed by atoms with van der Waals surface area (Å²) in [7, 11) is 1.63. The Bertz CT molecular complexity index is 468. The van der Waals surface area contributed by atoms with Crippen LogP contribution in [0.2, 0.25) is 0 Å². The Labute approximate surface area is 109 Å². The molecule has 3 nitrogen and oxygen atoms in total. The van der Waals surface area contributed by atoms with Crippen LogP contribution in [0.5, 0.6) is 5.75 Å². The van der Waals surface area contributed by atoms with E-state index in [0.29, 0.717) is 6.42 Å². The summed E-state index contributed by atoms with van der Waals surface area (Å²) >= 11 is 3.48. The fourth-order valence-corrected chi connectivity index (χ4v) is 2.35. The van der Waals surface area contributed by atoms with Gasteiger partial charge >= 0.3 is 0 Å². The molecular formula is C13H14BrNO2. The van der Waals surface area contributed by atoms with Gasteiger partial charge in [-0.1, -0.05) is 6.07 Å². The first-order valence-corrected chi connectivity index (χ1v) is 6.33. The van der Waals surface area contributed by atoms with Crippen LogP contribution in [0.1, 0.15) is 19.3 Å². The average molecular weight is 296 g/mol. The smallest absolute Gasteiger partial charge is 0.157 e. The molecule has 1 aliphatic carbocycles. The van der Waals surface area contributed by atoms with E-state index >= 15 is 0 Å². The number of halogens is 1. The molecule has 0 radical (unpaired) electrons. The van der Waals surface area contributed by atoms with Crippen LogP contribution < -0.4 is 10.1 Å². The number of benzene rings is 1. The van der Waals surface area contributed by atoms with Gasteiger partial charge in [0.1, 0.15) is 5.75 Å². The van der Waals surface area contributed by atoms with Crippen LogP contribution >= 0.6 is 15.9 Å². The molecule has 0 bridgehead atoms. The highest BCUT2D eigenvalue weighted by atomic mass is 79.9. The highest BCUT2D eigenvalue weighted by molar-refractivity contribution is 9.10. The molecule has 1 N–H and O–H groups in total. The predicted octanol–water partition coefficient (Wildman–Crippen LogP) is 3.51. The molecular weight excluding hydrogens is 282 g/mol. The number of nitrogens with one attached hydrogen (secondary N) is 1. The lowest BCUT2D eigenvalue weighted by molar-refractivity contribution is -0.115. The van der Waals surface area contributed by atoms with Gasteiger partial charge in [0.15, 0.2) is 5.78 Å². The first-order valence-electron chi connectivity index (χ1n) is 5.53. The fraction of sp³-hybridized carbons (Fsp3) is 0.308. The normalized spacial score (nSPS) is 15.4. The largest absolute Gasteiger partial charge is 0.495 e. The van der Waals surface area contributed by atoms with E-state index in [1.54, 1.807) is 13.2 Å². The Balaban J connectivity index is 2.21. The molecule has 0 heterocycles. The average Bonchev–Trinajstić information content (AvgIpc) is 2.32.